The van der Waals surface area contributed by atoms with Crippen LogP contribution in [-0.2, 0) is 16.4 Å². The third kappa shape index (κ3) is 5.11. The molecule has 1 aromatic rings. The first-order valence-corrected chi connectivity index (χ1v) is 9.47. The van der Waals surface area contributed by atoms with Crippen molar-refractivity contribution in [2.75, 3.05) is 18.1 Å². The predicted octanol–water partition coefficient (Wildman–Crippen LogP) is 2.04. The second-order valence-electron chi connectivity index (χ2n) is 6.01. The first-order chi connectivity index (χ1) is 9.68. The molecule has 1 unspecified atom stereocenters. The average molecular weight is 315 g/mol. The second-order valence-corrected chi connectivity index (χ2v) is 8.48. The van der Waals surface area contributed by atoms with E-state index in [-0.39, 0.29) is 11.5 Å². The Labute approximate surface area is 129 Å². The standard InChI is InChI=1S/C15H29N3O2S/c1-7-21(19,20)9-8-18-14(6)15(13(5)17-18)12(4)10-16-11(2)3/h11-12,16H,7-10H2,1-6H3. The Morgan fingerprint density at radius 1 is 1.24 bits per heavy atom. The van der Waals surface area contributed by atoms with Crippen molar-refractivity contribution in [1.29, 1.82) is 0 Å². The Hall–Kier alpha value is -0.880. The highest BCUT2D eigenvalue weighted by atomic mass is 32.2. The number of hydrogen-bond donors (Lipinski definition) is 1. The van der Waals surface area contributed by atoms with Crippen LogP contribution in [0.15, 0.2) is 0 Å². The molecule has 5 nitrogen and oxygen atoms in total. The normalized spacial score (nSPS) is 13.9. The maximum absolute atomic E-state index is 11.6. The van der Waals surface area contributed by atoms with E-state index >= 15 is 0 Å². The maximum atomic E-state index is 11.6. The van der Waals surface area contributed by atoms with Crippen molar-refractivity contribution >= 4 is 9.84 Å². The molecule has 1 heterocycles. The van der Waals surface area contributed by atoms with Crippen molar-refractivity contribution < 1.29 is 8.42 Å². The number of sulfone groups is 1. The summed E-state index contributed by atoms with van der Waals surface area (Å²) in [4.78, 5) is 0. The second kappa shape index (κ2) is 7.40. The van der Waals surface area contributed by atoms with Crippen molar-refractivity contribution in [2.45, 2.75) is 60.0 Å². The molecule has 0 spiro atoms. The van der Waals surface area contributed by atoms with Gasteiger partial charge in [0.25, 0.3) is 0 Å². The van der Waals surface area contributed by atoms with E-state index in [9.17, 15) is 8.42 Å². The Balaban J connectivity index is 2.85. The third-order valence-electron chi connectivity index (χ3n) is 3.82. The van der Waals surface area contributed by atoms with Crippen LogP contribution < -0.4 is 5.32 Å². The molecular formula is C15H29N3O2S. The summed E-state index contributed by atoms with van der Waals surface area (Å²) >= 11 is 0. The quantitative estimate of drug-likeness (QED) is 0.797. The Morgan fingerprint density at radius 3 is 2.38 bits per heavy atom. The lowest BCUT2D eigenvalue weighted by Gasteiger charge is -2.16. The Kier molecular flexibility index (Phi) is 6.41. The van der Waals surface area contributed by atoms with Gasteiger partial charge in [0.05, 0.1) is 18.0 Å². The molecule has 0 saturated carbocycles. The molecule has 1 atom stereocenters. The zero-order chi connectivity index (χ0) is 16.2. The zero-order valence-electron chi connectivity index (χ0n) is 14.1. The monoisotopic (exact) mass is 315 g/mol. The van der Waals surface area contributed by atoms with Crippen LogP contribution in [0.3, 0.4) is 0 Å². The smallest absolute Gasteiger partial charge is 0.151 e. The van der Waals surface area contributed by atoms with Crippen LogP contribution in [0.5, 0.6) is 0 Å². The van der Waals surface area contributed by atoms with Crippen molar-refractivity contribution in [2.24, 2.45) is 0 Å². The van der Waals surface area contributed by atoms with Crippen LogP contribution in [0, 0.1) is 13.8 Å². The molecule has 1 rings (SSSR count). The van der Waals surface area contributed by atoms with Crippen LogP contribution in [0.4, 0.5) is 0 Å². The number of hydrogen-bond acceptors (Lipinski definition) is 4. The summed E-state index contributed by atoms with van der Waals surface area (Å²) in [5.41, 5.74) is 3.31. The molecule has 0 bridgehead atoms. The fourth-order valence-electron chi connectivity index (χ4n) is 2.53. The minimum Gasteiger partial charge on any atom is -0.314 e. The zero-order valence-corrected chi connectivity index (χ0v) is 14.9. The van der Waals surface area contributed by atoms with Gasteiger partial charge in [-0.05, 0) is 25.3 Å². The molecule has 6 heteroatoms. The molecule has 0 aliphatic rings. The molecule has 1 aromatic heterocycles. The van der Waals surface area contributed by atoms with E-state index in [1.807, 2.05) is 18.5 Å². The van der Waals surface area contributed by atoms with Crippen LogP contribution in [0.2, 0.25) is 0 Å². The van der Waals surface area contributed by atoms with Crippen LogP contribution in [0.1, 0.15) is 50.6 Å². The summed E-state index contributed by atoms with van der Waals surface area (Å²) in [6, 6.07) is 0.456. The summed E-state index contributed by atoms with van der Waals surface area (Å²) in [5.74, 6) is 0.709. The average Bonchev–Trinajstić information content (AvgIpc) is 2.69. The Morgan fingerprint density at radius 2 is 1.86 bits per heavy atom. The Bertz CT molecular complexity index is 562. The molecule has 0 aliphatic heterocycles. The van der Waals surface area contributed by atoms with Gasteiger partial charge in [-0.1, -0.05) is 27.7 Å². The van der Waals surface area contributed by atoms with Gasteiger partial charge in [-0.2, -0.15) is 5.10 Å². The largest absolute Gasteiger partial charge is 0.314 e. The molecule has 0 aromatic carbocycles. The van der Waals surface area contributed by atoms with Crippen LogP contribution in [0.25, 0.3) is 0 Å². The van der Waals surface area contributed by atoms with Gasteiger partial charge in [-0.3, -0.25) is 4.68 Å². The van der Waals surface area contributed by atoms with Crippen molar-refractivity contribution in [3.63, 3.8) is 0 Å². The highest BCUT2D eigenvalue weighted by molar-refractivity contribution is 7.91. The summed E-state index contributed by atoms with van der Waals surface area (Å²) in [6.07, 6.45) is 0. The van der Waals surface area contributed by atoms with Gasteiger partial charge >= 0.3 is 0 Å². The first-order valence-electron chi connectivity index (χ1n) is 7.65. The molecule has 0 amide bonds. The fraction of sp³-hybridized carbons (Fsp3) is 0.800. The topological polar surface area (TPSA) is 64.0 Å². The number of nitrogens with one attached hydrogen (secondary N) is 1. The minimum atomic E-state index is -2.95. The van der Waals surface area contributed by atoms with Gasteiger partial charge < -0.3 is 5.32 Å². The van der Waals surface area contributed by atoms with Crippen LogP contribution >= 0.6 is 0 Å². The number of aryl methyl sites for hydroxylation is 2. The number of nitrogens with zero attached hydrogens (tertiary/aromatic N) is 2. The van der Waals surface area contributed by atoms with E-state index in [1.54, 1.807) is 6.92 Å². The van der Waals surface area contributed by atoms with Gasteiger partial charge in [0.2, 0.25) is 0 Å². The van der Waals surface area contributed by atoms with Gasteiger partial charge in [-0.15, -0.1) is 0 Å². The van der Waals surface area contributed by atoms with Crippen molar-refractivity contribution in [3.8, 4) is 0 Å². The lowest BCUT2D eigenvalue weighted by molar-refractivity contribution is 0.544. The van der Waals surface area contributed by atoms with E-state index in [0.717, 1.165) is 17.9 Å². The van der Waals surface area contributed by atoms with Gasteiger partial charge in [-0.25, -0.2) is 8.42 Å². The third-order valence-corrected chi connectivity index (χ3v) is 5.50. The molecule has 0 radical (unpaired) electrons. The molecule has 0 aliphatic carbocycles. The molecule has 122 valence electrons. The summed E-state index contributed by atoms with van der Waals surface area (Å²) in [5, 5.41) is 7.96. The van der Waals surface area contributed by atoms with E-state index in [4.69, 9.17) is 0 Å². The molecule has 0 fully saturated rings. The number of rotatable bonds is 8. The van der Waals surface area contributed by atoms with E-state index < -0.39 is 9.84 Å². The van der Waals surface area contributed by atoms with Crippen molar-refractivity contribution in [3.05, 3.63) is 17.0 Å². The fourth-order valence-corrected chi connectivity index (χ4v) is 3.27. The lowest BCUT2D eigenvalue weighted by Crippen LogP contribution is -2.27. The number of aromatic nitrogens is 2. The summed E-state index contributed by atoms with van der Waals surface area (Å²) < 4.78 is 25.1. The van der Waals surface area contributed by atoms with E-state index in [0.29, 0.717) is 18.5 Å². The van der Waals surface area contributed by atoms with Gasteiger partial charge in [0.15, 0.2) is 9.84 Å². The van der Waals surface area contributed by atoms with E-state index in [1.165, 1.54) is 5.56 Å². The highest BCUT2D eigenvalue weighted by Crippen LogP contribution is 2.23. The van der Waals surface area contributed by atoms with Gasteiger partial charge in [0, 0.05) is 24.0 Å². The maximum Gasteiger partial charge on any atom is 0.151 e. The predicted molar refractivity (Wildman–Crippen MR) is 87.6 cm³/mol. The minimum absolute atomic E-state index is 0.156. The van der Waals surface area contributed by atoms with Crippen LogP contribution in [-0.4, -0.2) is 42.3 Å². The highest BCUT2D eigenvalue weighted by Gasteiger charge is 2.18. The summed E-state index contributed by atoms with van der Waals surface area (Å²) in [6.45, 7) is 13.5. The summed E-state index contributed by atoms with van der Waals surface area (Å²) in [7, 11) is -2.95. The van der Waals surface area contributed by atoms with Gasteiger partial charge in [0.1, 0.15) is 0 Å². The molecular weight excluding hydrogens is 286 g/mol. The lowest BCUT2D eigenvalue weighted by atomic mass is 9.99. The first kappa shape index (κ1) is 18.2. The SMILES string of the molecule is CCS(=O)(=O)CCn1nc(C)c(C(C)CNC(C)C)c1C. The molecule has 0 saturated heterocycles. The van der Waals surface area contributed by atoms with Crippen molar-refractivity contribution in [1.82, 2.24) is 15.1 Å². The van der Waals surface area contributed by atoms with E-state index in [2.05, 4.69) is 31.2 Å². The molecule has 21 heavy (non-hydrogen) atoms. The molecule has 1 N–H and O–H groups in total.